The van der Waals surface area contributed by atoms with Gasteiger partial charge < -0.3 is 14.2 Å². The number of benzene rings is 1. The summed E-state index contributed by atoms with van der Waals surface area (Å²) in [5, 5.41) is 3.23. The summed E-state index contributed by atoms with van der Waals surface area (Å²) in [5.74, 6) is -1.34. The van der Waals surface area contributed by atoms with Crippen LogP contribution in [0.4, 0.5) is 4.79 Å². The summed E-state index contributed by atoms with van der Waals surface area (Å²) in [4.78, 5) is 37.9. The zero-order valence-corrected chi connectivity index (χ0v) is 15.0. The summed E-state index contributed by atoms with van der Waals surface area (Å²) in [6.45, 7) is 0.457. The highest BCUT2D eigenvalue weighted by Gasteiger charge is 2.67. The Balaban J connectivity index is 2.17. The lowest BCUT2D eigenvalue weighted by molar-refractivity contribution is -0.173. The van der Waals surface area contributed by atoms with Crippen molar-refractivity contribution in [3.05, 3.63) is 35.9 Å². The molecule has 2 fully saturated rings. The highest BCUT2D eigenvalue weighted by Crippen LogP contribution is 2.55. The van der Waals surface area contributed by atoms with Crippen LogP contribution in [0, 0.1) is 5.41 Å². The van der Waals surface area contributed by atoms with Crippen LogP contribution in [-0.2, 0) is 23.8 Å². The van der Waals surface area contributed by atoms with Gasteiger partial charge in [0.05, 0.1) is 27.4 Å². The van der Waals surface area contributed by atoms with E-state index in [1.54, 1.807) is 5.01 Å². The summed E-state index contributed by atoms with van der Waals surface area (Å²) in [6.07, 6.45) is 0.298. The van der Waals surface area contributed by atoms with Gasteiger partial charge in [0.25, 0.3) is 0 Å². The number of amides is 1. The molecule has 2 aliphatic rings. The van der Waals surface area contributed by atoms with Crippen LogP contribution >= 0.6 is 0 Å². The van der Waals surface area contributed by atoms with Crippen LogP contribution in [0.25, 0.3) is 0 Å². The van der Waals surface area contributed by atoms with Gasteiger partial charge in [-0.2, -0.15) is 0 Å². The first kappa shape index (κ1) is 18.2. The number of hydrogen-bond acceptors (Lipinski definition) is 7. The van der Waals surface area contributed by atoms with Crippen LogP contribution in [0.1, 0.15) is 24.4 Å². The Kier molecular flexibility index (Phi) is 4.86. The van der Waals surface area contributed by atoms with Crippen molar-refractivity contribution in [2.45, 2.75) is 24.9 Å². The third-order valence-electron chi connectivity index (χ3n) is 5.22. The maximum Gasteiger partial charge on any atom is 0.424 e. The van der Waals surface area contributed by atoms with Crippen molar-refractivity contribution in [1.29, 1.82) is 0 Å². The number of nitrogens with zero attached hydrogens (tertiary/aromatic N) is 2. The zero-order valence-electron chi connectivity index (χ0n) is 15.0. The fourth-order valence-corrected chi connectivity index (χ4v) is 4.17. The largest absolute Gasteiger partial charge is 0.468 e. The third-order valence-corrected chi connectivity index (χ3v) is 5.22. The molecule has 8 nitrogen and oxygen atoms in total. The number of carbonyl (C=O) groups excluding carboxylic acids is 3. The SMILES string of the molecule is COC(=O)N1CC[C@H]2CC(C(=O)OC)(C(=O)OC)[C@@H](c3ccccc3)N21. The number of hydrogen-bond donors (Lipinski definition) is 0. The van der Waals surface area contributed by atoms with Gasteiger partial charge in [0.2, 0.25) is 0 Å². The maximum atomic E-state index is 12.8. The summed E-state index contributed by atoms with van der Waals surface area (Å²) < 4.78 is 14.9. The smallest absolute Gasteiger partial charge is 0.424 e. The van der Waals surface area contributed by atoms with E-state index >= 15 is 0 Å². The molecule has 140 valence electrons. The van der Waals surface area contributed by atoms with E-state index < -0.39 is 29.5 Å². The second kappa shape index (κ2) is 6.95. The Hall–Kier alpha value is -2.61. The number of rotatable bonds is 3. The number of hydrazine groups is 1. The summed E-state index contributed by atoms with van der Waals surface area (Å²) in [6, 6.07) is 8.22. The molecule has 0 aromatic heterocycles. The monoisotopic (exact) mass is 362 g/mol. The molecule has 0 radical (unpaired) electrons. The number of carbonyl (C=O) groups is 3. The van der Waals surface area contributed by atoms with E-state index in [9.17, 15) is 14.4 Å². The van der Waals surface area contributed by atoms with Gasteiger partial charge in [-0.3, -0.25) is 9.59 Å². The van der Waals surface area contributed by atoms with Gasteiger partial charge in [-0.05, 0) is 18.4 Å². The van der Waals surface area contributed by atoms with Crippen molar-refractivity contribution in [3.63, 3.8) is 0 Å². The van der Waals surface area contributed by atoms with Gasteiger partial charge in [-0.15, -0.1) is 0 Å². The molecule has 0 N–H and O–H groups in total. The van der Waals surface area contributed by atoms with Crippen LogP contribution in [0.15, 0.2) is 30.3 Å². The molecule has 2 atom stereocenters. The second-order valence-corrected chi connectivity index (χ2v) is 6.39. The Morgan fingerprint density at radius 2 is 1.62 bits per heavy atom. The standard InChI is InChI=1S/C18H22N2O6/c1-24-15(21)18(16(22)25-2)11-13-9-10-19(17(23)26-3)20(13)14(18)12-7-5-4-6-8-12/h4-8,13-14H,9-11H2,1-3H3/t13-,14+/m0/s1. The Morgan fingerprint density at radius 3 is 2.15 bits per heavy atom. The molecule has 0 aliphatic carbocycles. The number of fused-ring (bicyclic) bond motifs is 1. The molecule has 0 bridgehead atoms. The van der Waals surface area contributed by atoms with E-state index in [4.69, 9.17) is 14.2 Å². The predicted octanol–water partition coefficient (Wildman–Crippen LogP) is 1.52. The lowest BCUT2D eigenvalue weighted by Gasteiger charge is -2.37. The fraction of sp³-hybridized carbons (Fsp3) is 0.500. The minimum Gasteiger partial charge on any atom is -0.468 e. The van der Waals surface area contributed by atoms with Crippen LogP contribution in [0.5, 0.6) is 0 Å². The lowest BCUT2D eigenvalue weighted by atomic mass is 9.76. The van der Waals surface area contributed by atoms with E-state index in [1.165, 1.54) is 26.3 Å². The topological polar surface area (TPSA) is 85.4 Å². The summed E-state index contributed by atoms with van der Waals surface area (Å²) in [7, 11) is 3.80. The van der Waals surface area contributed by atoms with E-state index in [0.717, 1.165) is 5.56 Å². The van der Waals surface area contributed by atoms with Crippen LogP contribution < -0.4 is 0 Å². The fourth-order valence-electron chi connectivity index (χ4n) is 4.17. The minimum absolute atomic E-state index is 0.183. The van der Waals surface area contributed by atoms with Gasteiger partial charge in [0.15, 0.2) is 5.41 Å². The van der Waals surface area contributed by atoms with Gasteiger partial charge in [-0.1, -0.05) is 30.3 Å². The first-order valence-electron chi connectivity index (χ1n) is 8.36. The minimum atomic E-state index is -1.55. The van der Waals surface area contributed by atoms with E-state index in [0.29, 0.717) is 13.0 Å². The lowest BCUT2D eigenvalue weighted by Crippen LogP contribution is -2.50. The van der Waals surface area contributed by atoms with Crippen LogP contribution in [0.3, 0.4) is 0 Å². The van der Waals surface area contributed by atoms with Gasteiger partial charge in [-0.25, -0.2) is 14.8 Å². The highest BCUT2D eigenvalue weighted by atomic mass is 16.6. The molecule has 1 amide bonds. The summed E-state index contributed by atoms with van der Waals surface area (Å²) in [5.41, 5.74) is -0.830. The summed E-state index contributed by atoms with van der Waals surface area (Å²) >= 11 is 0. The maximum absolute atomic E-state index is 12.8. The normalized spacial score (nSPS) is 24.0. The van der Waals surface area contributed by atoms with Crippen molar-refractivity contribution in [2.75, 3.05) is 27.9 Å². The van der Waals surface area contributed by atoms with Gasteiger partial charge in [0.1, 0.15) is 0 Å². The predicted molar refractivity (Wildman–Crippen MR) is 89.6 cm³/mol. The second-order valence-electron chi connectivity index (χ2n) is 6.39. The molecule has 0 unspecified atom stereocenters. The molecule has 2 heterocycles. The van der Waals surface area contributed by atoms with Crippen molar-refractivity contribution >= 4 is 18.0 Å². The molecule has 2 aliphatic heterocycles. The quantitative estimate of drug-likeness (QED) is 0.458. The first-order valence-corrected chi connectivity index (χ1v) is 8.36. The molecule has 1 aromatic rings. The average molecular weight is 362 g/mol. The first-order chi connectivity index (χ1) is 12.5. The van der Waals surface area contributed by atoms with Crippen molar-refractivity contribution < 1.29 is 28.6 Å². The molecule has 0 spiro atoms. The number of methoxy groups -OCH3 is 3. The van der Waals surface area contributed by atoms with Crippen molar-refractivity contribution in [1.82, 2.24) is 10.0 Å². The number of ether oxygens (including phenoxy) is 3. The molecular weight excluding hydrogens is 340 g/mol. The molecule has 8 heteroatoms. The van der Waals surface area contributed by atoms with Crippen LogP contribution in [0.2, 0.25) is 0 Å². The van der Waals surface area contributed by atoms with Crippen molar-refractivity contribution in [2.24, 2.45) is 5.41 Å². The van der Waals surface area contributed by atoms with E-state index in [2.05, 4.69) is 0 Å². The van der Waals surface area contributed by atoms with Crippen LogP contribution in [-0.4, -0.2) is 62.0 Å². The zero-order chi connectivity index (χ0) is 18.9. The van der Waals surface area contributed by atoms with Gasteiger partial charge in [0, 0.05) is 12.6 Å². The molecule has 3 rings (SSSR count). The van der Waals surface area contributed by atoms with Gasteiger partial charge >= 0.3 is 18.0 Å². The van der Waals surface area contributed by atoms with Crippen molar-refractivity contribution in [3.8, 4) is 0 Å². The highest BCUT2D eigenvalue weighted by molar-refractivity contribution is 6.01. The Morgan fingerprint density at radius 1 is 1.00 bits per heavy atom. The van der Waals surface area contributed by atoms with E-state index in [1.807, 2.05) is 30.3 Å². The molecule has 1 aromatic carbocycles. The molecule has 26 heavy (non-hydrogen) atoms. The Bertz CT molecular complexity index is 691. The Labute approximate surface area is 151 Å². The molecule has 2 saturated heterocycles. The average Bonchev–Trinajstić information content (AvgIpc) is 3.23. The van der Waals surface area contributed by atoms with E-state index in [-0.39, 0.29) is 12.5 Å². The molecule has 0 saturated carbocycles. The molecular formula is C18H22N2O6. The number of esters is 2. The third kappa shape index (κ3) is 2.52.